The van der Waals surface area contributed by atoms with Crippen LogP contribution < -0.4 is 0 Å². The van der Waals surface area contributed by atoms with Crippen molar-refractivity contribution in [3.63, 3.8) is 0 Å². The van der Waals surface area contributed by atoms with E-state index >= 15 is 0 Å². The van der Waals surface area contributed by atoms with Crippen LogP contribution in [-0.2, 0) is 9.53 Å². The van der Waals surface area contributed by atoms with Crippen molar-refractivity contribution in [2.75, 3.05) is 19.8 Å². The van der Waals surface area contributed by atoms with Gasteiger partial charge in [0.1, 0.15) is 5.82 Å². The minimum atomic E-state index is -0.254. The Morgan fingerprint density at radius 3 is 2.65 bits per heavy atom. The van der Waals surface area contributed by atoms with Gasteiger partial charge in [-0.05, 0) is 43.4 Å². The maximum absolute atomic E-state index is 13.1. The molecule has 1 amide bonds. The molecule has 1 aliphatic carbocycles. The first-order valence-electron chi connectivity index (χ1n) is 7.30. The summed E-state index contributed by atoms with van der Waals surface area (Å²) in [6.45, 7) is 3.89. The molecule has 1 aromatic carbocycles. The Morgan fingerprint density at radius 1 is 1.35 bits per heavy atom. The summed E-state index contributed by atoms with van der Waals surface area (Å²) in [6.07, 6.45) is 2.18. The first-order chi connectivity index (χ1) is 9.66. The number of benzene rings is 1. The zero-order valence-corrected chi connectivity index (χ0v) is 11.7. The Kier molecular flexibility index (Phi) is 3.74. The van der Waals surface area contributed by atoms with E-state index in [2.05, 4.69) is 0 Å². The van der Waals surface area contributed by atoms with Gasteiger partial charge in [0.15, 0.2) is 0 Å². The highest BCUT2D eigenvalue weighted by Crippen LogP contribution is 2.44. The van der Waals surface area contributed by atoms with E-state index in [1.807, 2.05) is 11.8 Å². The van der Waals surface area contributed by atoms with Gasteiger partial charge in [-0.15, -0.1) is 0 Å². The molecule has 1 saturated heterocycles. The monoisotopic (exact) mass is 277 g/mol. The summed E-state index contributed by atoms with van der Waals surface area (Å²) >= 11 is 0. The van der Waals surface area contributed by atoms with Crippen molar-refractivity contribution in [1.29, 1.82) is 0 Å². The molecule has 1 heterocycles. The van der Waals surface area contributed by atoms with Crippen LogP contribution in [0.25, 0.3) is 0 Å². The molecule has 1 aromatic rings. The normalized spacial score (nSPS) is 24.5. The maximum Gasteiger partial charge on any atom is 0.230 e. The molecular formula is C16H20FNO2. The number of rotatable bonds is 3. The van der Waals surface area contributed by atoms with Crippen LogP contribution in [0.3, 0.4) is 0 Å². The lowest BCUT2D eigenvalue weighted by molar-refractivity contribution is -0.141. The summed E-state index contributed by atoms with van der Waals surface area (Å²) in [6, 6.07) is 6.52. The molecular weight excluding hydrogens is 257 g/mol. The fourth-order valence-corrected chi connectivity index (χ4v) is 2.95. The van der Waals surface area contributed by atoms with Crippen molar-refractivity contribution in [3.05, 3.63) is 35.6 Å². The van der Waals surface area contributed by atoms with Gasteiger partial charge in [0.25, 0.3) is 0 Å². The lowest BCUT2D eigenvalue weighted by atomic mass is 9.92. The molecule has 2 unspecified atom stereocenters. The van der Waals surface area contributed by atoms with Crippen LogP contribution in [0.4, 0.5) is 4.39 Å². The Balaban J connectivity index is 1.83. The Labute approximate surface area is 118 Å². The number of amides is 1. The molecule has 0 spiro atoms. The Bertz CT molecular complexity index is 484. The van der Waals surface area contributed by atoms with Crippen molar-refractivity contribution in [2.24, 2.45) is 5.92 Å². The highest BCUT2D eigenvalue weighted by Gasteiger charge is 2.40. The van der Waals surface area contributed by atoms with Crippen molar-refractivity contribution >= 4 is 5.91 Å². The second-order valence-corrected chi connectivity index (χ2v) is 5.82. The van der Waals surface area contributed by atoms with Gasteiger partial charge in [-0.2, -0.15) is 0 Å². The molecule has 20 heavy (non-hydrogen) atoms. The third-order valence-electron chi connectivity index (χ3n) is 4.24. The number of morpholine rings is 1. The fourth-order valence-electron chi connectivity index (χ4n) is 2.95. The summed E-state index contributed by atoms with van der Waals surface area (Å²) in [7, 11) is 0. The van der Waals surface area contributed by atoms with Gasteiger partial charge in [-0.1, -0.05) is 12.1 Å². The summed E-state index contributed by atoms with van der Waals surface area (Å²) in [5.41, 5.74) is 0.942. The lowest BCUT2D eigenvalue weighted by Crippen LogP contribution is -2.49. The Hall–Kier alpha value is -1.42. The van der Waals surface area contributed by atoms with E-state index in [4.69, 9.17) is 4.74 Å². The van der Waals surface area contributed by atoms with Crippen molar-refractivity contribution in [2.45, 2.75) is 31.7 Å². The number of halogens is 1. The number of nitrogens with zero attached hydrogens (tertiary/aromatic N) is 1. The highest BCUT2D eigenvalue weighted by atomic mass is 19.1. The second-order valence-electron chi connectivity index (χ2n) is 5.82. The number of carbonyl (C=O) groups excluding carboxylic acids is 1. The summed E-state index contributed by atoms with van der Waals surface area (Å²) in [5, 5.41) is 0. The van der Waals surface area contributed by atoms with Crippen LogP contribution in [0.1, 0.15) is 31.2 Å². The van der Waals surface area contributed by atoms with Crippen LogP contribution in [0.15, 0.2) is 24.3 Å². The number of hydrogen-bond donors (Lipinski definition) is 0. The van der Waals surface area contributed by atoms with Crippen LogP contribution in [0, 0.1) is 11.7 Å². The van der Waals surface area contributed by atoms with E-state index < -0.39 is 0 Å². The quantitative estimate of drug-likeness (QED) is 0.850. The van der Waals surface area contributed by atoms with Crippen molar-refractivity contribution in [3.8, 4) is 0 Å². The van der Waals surface area contributed by atoms with E-state index in [-0.39, 0.29) is 23.7 Å². The van der Waals surface area contributed by atoms with E-state index in [0.717, 1.165) is 18.4 Å². The van der Waals surface area contributed by atoms with E-state index in [0.29, 0.717) is 25.7 Å². The minimum absolute atomic E-state index is 0.115. The molecule has 108 valence electrons. The van der Waals surface area contributed by atoms with Crippen molar-refractivity contribution in [1.82, 2.24) is 4.90 Å². The van der Waals surface area contributed by atoms with Crippen LogP contribution in [-0.4, -0.2) is 36.6 Å². The first-order valence-corrected chi connectivity index (χ1v) is 7.30. The summed E-state index contributed by atoms with van der Waals surface area (Å²) in [5.74, 6) is 0.226. The third kappa shape index (κ3) is 2.70. The molecule has 3 nitrogen and oxygen atoms in total. The molecule has 0 bridgehead atoms. The first kappa shape index (κ1) is 13.6. The van der Waals surface area contributed by atoms with E-state index in [9.17, 15) is 9.18 Å². The van der Waals surface area contributed by atoms with Gasteiger partial charge in [0.2, 0.25) is 5.91 Å². The van der Waals surface area contributed by atoms with E-state index in [1.54, 1.807) is 12.1 Å². The average molecular weight is 277 g/mol. The molecule has 0 N–H and O–H groups in total. The zero-order chi connectivity index (χ0) is 14.1. The molecule has 0 radical (unpaired) electrons. The summed E-state index contributed by atoms with van der Waals surface area (Å²) < 4.78 is 18.5. The molecule has 2 atom stereocenters. The molecule has 4 heteroatoms. The Morgan fingerprint density at radius 2 is 2.05 bits per heavy atom. The third-order valence-corrected chi connectivity index (χ3v) is 4.24. The average Bonchev–Trinajstić information content (AvgIpc) is 3.26. The van der Waals surface area contributed by atoms with E-state index in [1.165, 1.54) is 12.1 Å². The minimum Gasteiger partial charge on any atom is -0.377 e. The molecule has 1 aliphatic heterocycles. The standard InChI is InChI=1S/C16H20FNO2/c1-11-10-20-9-8-18(11)16(19)15(12-2-3-12)13-4-6-14(17)7-5-13/h4-7,11-12,15H,2-3,8-10H2,1H3. The number of carbonyl (C=O) groups is 1. The number of hydrogen-bond acceptors (Lipinski definition) is 2. The van der Waals surface area contributed by atoms with Gasteiger partial charge in [-0.3, -0.25) is 4.79 Å². The summed E-state index contributed by atoms with van der Waals surface area (Å²) in [4.78, 5) is 14.8. The second kappa shape index (κ2) is 5.52. The van der Waals surface area contributed by atoms with Crippen LogP contribution in [0.5, 0.6) is 0 Å². The smallest absolute Gasteiger partial charge is 0.230 e. The van der Waals surface area contributed by atoms with Gasteiger partial charge in [0, 0.05) is 6.54 Å². The molecule has 1 saturated carbocycles. The molecule has 2 fully saturated rings. The fraction of sp³-hybridized carbons (Fsp3) is 0.562. The predicted molar refractivity (Wildman–Crippen MR) is 73.9 cm³/mol. The van der Waals surface area contributed by atoms with Gasteiger partial charge in [-0.25, -0.2) is 4.39 Å². The van der Waals surface area contributed by atoms with Crippen LogP contribution in [0.2, 0.25) is 0 Å². The van der Waals surface area contributed by atoms with Crippen molar-refractivity contribution < 1.29 is 13.9 Å². The predicted octanol–water partition coefficient (Wildman–Crippen LogP) is 2.57. The highest BCUT2D eigenvalue weighted by molar-refractivity contribution is 5.85. The molecule has 2 aliphatic rings. The SMILES string of the molecule is CC1COCCN1C(=O)C(c1ccc(F)cc1)C1CC1. The van der Waals surface area contributed by atoms with Crippen LogP contribution >= 0.6 is 0 Å². The topological polar surface area (TPSA) is 29.5 Å². The van der Waals surface area contributed by atoms with Gasteiger partial charge >= 0.3 is 0 Å². The van der Waals surface area contributed by atoms with Gasteiger partial charge < -0.3 is 9.64 Å². The van der Waals surface area contributed by atoms with Gasteiger partial charge in [0.05, 0.1) is 25.2 Å². The maximum atomic E-state index is 13.1. The number of ether oxygens (including phenoxy) is 1. The largest absolute Gasteiger partial charge is 0.377 e. The molecule has 3 rings (SSSR count). The zero-order valence-electron chi connectivity index (χ0n) is 11.7. The lowest BCUT2D eigenvalue weighted by Gasteiger charge is -2.36. The molecule has 0 aromatic heterocycles.